The number of esters is 1. The number of amides is 1. The monoisotopic (exact) mass is 1250 g/mol. The van der Waals surface area contributed by atoms with Crippen molar-refractivity contribution in [2.24, 2.45) is 0 Å². The molecule has 0 saturated carbocycles. The molecule has 9 nitrogen and oxygen atoms in total. The Labute approximate surface area is 546 Å². The summed E-state index contributed by atoms with van der Waals surface area (Å²) in [6, 6.07) is -0.851. The van der Waals surface area contributed by atoms with Crippen LogP contribution in [0.25, 0.3) is 0 Å². The summed E-state index contributed by atoms with van der Waals surface area (Å²) in [4.78, 5) is 38.0. The minimum Gasteiger partial charge on any atom is -0.456 e. The number of hydrogen-bond donors (Lipinski definition) is 2. The van der Waals surface area contributed by atoms with E-state index in [1.165, 1.54) is 250 Å². The van der Waals surface area contributed by atoms with E-state index in [4.69, 9.17) is 13.8 Å². The average Bonchev–Trinajstić information content (AvgIpc) is 3.66. The van der Waals surface area contributed by atoms with Crippen molar-refractivity contribution in [2.75, 3.05) is 40.9 Å². The van der Waals surface area contributed by atoms with Crippen LogP contribution < -0.4 is 5.32 Å². The molecule has 0 heterocycles. The fourth-order valence-corrected chi connectivity index (χ4v) is 11.8. The first kappa shape index (κ1) is 85.5. The van der Waals surface area contributed by atoms with E-state index in [0.717, 1.165) is 77.0 Å². The number of quaternary nitrogens is 1. The van der Waals surface area contributed by atoms with E-state index in [-0.39, 0.29) is 25.1 Å². The highest BCUT2D eigenvalue weighted by molar-refractivity contribution is 7.47. The van der Waals surface area contributed by atoms with Gasteiger partial charge in [-0.05, 0) is 102 Å². The molecule has 3 unspecified atom stereocenters. The van der Waals surface area contributed by atoms with Crippen molar-refractivity contribution in [1.82, 2.24) is 5.32 Å². The van der Waals surface area contributed by atoms with Gasteiger partial charge in [-0.1, -0.05) is 319 Å². The number of unbranched alkanes of at least 4 members (excludes halogenated alkanes) is 43. The number of nitrogens with zero attached hydrogens (tertiary/aromatic N) is 1. The van der Waals surface area contributed by atoms with Gasteiger partial charge in [0, 0.05) is 12.8 Å². The lowest BCUT2D eigenvalue weighted by molar-refractivity contribution is -0.870. The Morgan fingerprint density at radius 1 is 0.398 bits per heavy atom. The number of nitrogens with one attached hydrogen (secondary N) is 1. The second-order valence-corrected chi connectivity index (χ2v) is 28.3. The van der Waals surface area contributed by atoms with Crippen LogP contribution in [-0.4, -0.2) is 74.3 Å². The molecule has 10 heteroatoms. The van der Waals surface area contributed by atoms with Crippen molar-refractivity contribution in [1.29, 1.82) is 0 Å². The Morgan fingerprint density at radius 2 is 0.693 bits per heavy atom. The summed E-state index contributed by atoms with van der Waals surface area (Å²) in [7, 11) is 1.50. The Hall–Kier alpha value is -2.55. The summed E-state index contributed by atoms with van der Waals surface area (Å²) in [5.74, 6) is -0.493. The highest BCUT2D eigenvalue weighted by Gasteiger charge is 2.30. The quantitative estimate of drug-likeness (QED) is 0.0205. The summed E-state index contributed by atoms with van der Waals surface area (Å²) in [6.07, 6.45) is 89.2. The third-order valence-corrected chi connectivity index (χ3v) is 17.9. The number of carbonyl (C=O) groups excluding carboxylic acids is 2. The van der Waals surface area contributed by atoms with Crippen LogP contribution in [-0.2, 0) is 27.9 Å². The Bertz CT molecular complexity index is 1730. The summed E-state index contributed by atoms with van der Waals surface area (Å²) in [5, 5.41) is 3.08. The average molecular weight is 1260 g/mol. The van der Waals surface area contributed by atoms with Gasteiger partial charge in [-0.15, -0.1) is 0 Å². The van der Waals surface area contributed by atoms with Gasteiger partial charge in [0.05, 0.1) is 33.8 Å². The van der Waals surface area contributed by atoms with E-state index in [0.29, 0.717) is 23.9 Å². The van der Waals surface area contributed by atoms with Crippen LogP contribution in [0.2, 0.25) is 0 Å². The molecular weight excluding hydrogens is 1110 g/mol. The number of phosphoric acid groups is 1. The lowest BCUT2D eigenvalue weighted by Gasteiger charge is -2.27. The zero-order valence-corrected chi connectivity index (χ0v) is 59.9. The molecule has 88 heavy (non-hydrogen) atoms. The van der Waals surface area contributed by atoms with Gasteiger partial charge in [-0.25, -0.2) is 4.57 Å². The molecule has 514 valence electrons. The van der Waals surface area contributed by atoms with E-state index >= 15 is 0 Å². The lowest BCUT2D eigenvalue weighted by Crippen LogP contribution is -2.47. The van der Waals surface area contributed by atoms with Crippen LogP contribution in [0.15, 0.2) is 72.9 Å². The van der Waals surface area contributed by atoms with Crippen LogP contribution in [0.3, 0.4) is 0 Å². The maximum Gasteiger partial charge on any atom is 0.472 e. The van der Waals surface area contributed by atoms with Crippen LogP contribution in [0.5, 0.6) is 0 Å². The third-order valence-electron chi connectivity index (χ3n) is 16.9. The summed E-state index contributed by atoms with van der Waals surface area (Å²) < 4.78 is 30.9. The van der Waals surface area contributed by atoms with Crippen molar-refractivity contribution in [2.45, 2.75) is 373 Å². The molecule has 0 rings (SSSR count). The number of carbonyl (C=O) groups is 2. The third kappa shape index (κ3) is 67.8. The molecule has 2 N–H and O–H groups in total. The Morgan fingerprint density at radius 3 is 1.06 bits per heavy atom. The van der Waals surface area contributed by atoms with E-state index in [9.17, 15) is 19.0 Å². The Kier molecular flexibility index (Phi) is 65.4. The molecule has 0 aliphatic carbocycles. The van der Waals surface area contributed by atoms with E-state index < -0.39 is 20.0 Å². The first-order chi connectivity index (χ1) is 42.9. The predicted octanol–water partition coefficient (Wildman–Crippen LogP) is 24.3. The van der Waals surface area contributed by atoms with Gasteiger partial charge >= 0.3 is 13.8 Å². The second-order valence-electron chi connectivity index (χ2n) is 26.8. The van der Waals surface area contributed by atoms with E-state index in [1.54, 1.807) is 0 Å². The maximum atomic E-state index is 13.6. The zero-order valence-electron chi connectivity index (χ0n) is 59.0. The predicted molar refractivity (Wildman–Crippen MR) is 383 cm³/mol. The van der Waals surface area contributed by atoms with Crippen LogP contribution >= 0.6 is 7.82 Å². The molecule has 0 radical (unpaired) electrons. The SMILES string of the molecule is CCCCC/C=C\C/C=C\C/C=C\CCCCCCCCCCCCCCCCC(=O)NC(COP(=O)(O)OCC[N+](C)(C)C)C(/C=C\CCCCCCCCCCCC)OC(=O)CCCCCCCCCCCCCCC/C=C\C/C=C\CCCCC. The minimum absolute atomic E-state index is 0.0398. The fraction of sp³-hybridized carbons (Fsp3) is 0.821. The summed E-state index contributed by atoms with van der Waals surface area (Å²) in [5.41, 5.74) is 0. The first-order valence-corrected chi connectivity index (χ1v) is 39.3. The molecule has 0 fully saturated rings. The van der Waals surface area contributed by atoms with Gasteiger partial charge in [-0.3, -0.25) is 18.6 Å². The molecule has 0 spiro atoms. The highest BCUT2D eigenvalue weighted by Crippen LogP contribution is 2.43. The minimum atomic E-state index is -4.46. The largest absolute Gasteiger partial charge is 0.472 e. The Balaban J connectivity index is 4.97. The number of allylic oxidation sites excluding steroid dienone is 11. The van der Waals surface area contributed by atoms with Crippen molar-refractivity contribution in [3.8, 4) is 0 Å². The second kappa shape index (κ2) is 67.3. The lowest BCUT2D eigenvalue weighted by atomic mass is 10.0. The number of ether oxygens (including phenoxy) is 1. The van der Waals surface area contributed by atoms with Crippen molar-refractivity contribution >= 4 is 19.7 Å². The number of likely N-dealkylation sites (N-methyl/N-ethyl adjacent to an activating group) is 1. The van der Waals surface area contributed by atoms with E-state index in [1.807, 2.05) is 33.3 Å². The summed E-state index contributed by atoms with van der Waals surface area (Å²) >= 11 is 0. The molecule has 0 bridgehead atoms. The van der Waals surface area contributed by atoms with Gasteiger partial charge in [0.15, 0.2) is 0 Å². The standard InChI is InChI=1S/C78H145N2O7P/c1-7-10-13-16-19-22-25-28-30-32-34-36-38-39-40-41-43-44-46-48-50-52-55-58-61-64-67-70-77(81)79-75(74-86-88(83,84)85-73-72-80(4,5)6)76(69-66-63-60-57-54-27-24-21-18-15-12-9-3)87-78(82)71-68-65-62-59-56-53-51-49-47-45-42-37-35-33-31-29-26-23-20-17-14-11-8-2/h19-20,22-23,28-31,34,36,66,69,75-76H,7-18,21,24-27,32-33,35,37-65,67-68,70-74H2,1-6H3,(H-,79,81,83,84)/p+1/b22-19-,23-20-,30-28-,31-29-,36-34-,69-66-. The van der Waals surface area contributed by atoms with Gasteiger partial charge in [0.1, 0.15) is 19.3 Å². The molecule has 0 saturated heterocycles. The van der Waals surface area contributed by atoms with Crippen molar-refractivity contribution < 1.29 is 37.3 Å². The topological polar surface area (TPSA) is 111 Å². The number of phosphoric ester groups is 1. The van der Waals surface area contributed by atoms with Gasteiger partial charge in [0.2, 0.25) is 5.91 Å². The van der Waals surface area contributed by atoms with E-state index in [2.05, 4.69) is 86.8 Å². The first-order valence-electron chi connectivity index (χ1n) is 37.8. The van der Waals surface area contributed by atoms with Crippen LogP contribution in [0.4, 0.5) is 0 Å². The van der Waals surface area contributed by atoms with Crippen LogP contribution in [0, 0.1) is 0 Å². The number of hydrogen-bond acceptors (Lipinski definition) is 6. The maximum absolute atomic E-state index is 13.6. The fourth-order valence-electron chi connectivity index (χ4n) is 11.0. The molecule has 0 aliphatic heterocycles. The molecule has 0 aromatic rings. The van der Waals surface area contributed by atoms with Crippen LogP contribution in [0.1, 0.15) is 361 Å². The summed E-state index contributed by atoms with van der Waals surface area (Å²) in [6.45, 7) is 7.01. The molecule has 0 aliphatic rings. The highest BCUT2D eigenvalue weighted by atomic mass is 31.2. The molecule has 1 amide bonds. The van der Waals surface area contributed by atoms with Gasteiger partial charge < -0.3 is 19.4 Å². The molecule has 3 atom stereocenters. The van der Waals surface area contributed by atoms with Crippen molar-refractivity contribution in [3.63, 3.8) is 0 Å². The van der Waals surface area contributed by atoms with Gasteiger partial charge in [0.25, 0.3) is 0 Å². The van der Waals surface area contributed by atoms with Gasteiger partial charge in [-0.2, -0.15) is 0 Å². The zero-order chi connectivity index (χ0) is 64.2. The molecule has 0 aromatic carbocycles. The smallest absolute Gasteiger partial charge is 0.456 e. The van der Waals surface area contributed by atoms with Crippen molar-refractivity contribution in [3.05, 3.63) is 72.9 Å². The molecule has 0 aromatic heterocycles. The molecular formula is C78H146N2O7P+. The number of rotatable bonds is 69. The normalized spacial score (nSPS) is 13.9.